The smallest absolute Gasteiger partial charge is 0.251 e. The zero-order chi connectivity index (χ0) is 16.3. The number of likely N-dealkylation sites (N-methyl/N-ethyl adjacent to an activating group) is 1. The van der Waals surface area contributed by atoms with Crippen molar-refractivity contribution in [1.29, 1.82) is 0 Å². The van der Waals surface area contributed by atoms with Crippen LogP contribution in [0.3, 0.4) is 0 Å². The Labute approximate surface area is 130 Å². The van der Waals surface area contributed by atoms with E-state index in [4.69, 9.17) is 4.74 Å². The molecule has 8 heteroatoms. The highest BCUT2D eigenvalue weighted by atomic mass is 32.2. The molecule has 0 bridgehead atoms. The van der Waals surface area contributed by atoms with Gasteiger partial charge in [-0.15, -0.1) is 0 Å². The second kappa shape index (κ2) is 6.64. The predicted octanol–water partition coefficient (Wildman–Crippen LogP) is -0.00910. The topological polar surface area (TPSA) is 78.9 Å². The molecule has 1 fully saturated rings. The highest BCUT2D eigenvalue weighted by Crippen LogP contribution is 2.28. The zero-order valence-electron chi connectivity index (χ0n) is 13.0. The summed E-state index contributed by atoms with van der Waals surface area (Å²) in [7, 11) is 1.18. The van der Waals surface area contributed by atoms with Gasteiger partial charge in [-0.1, -0.05) is 0 Å². The van der Waals surface area contributed by atoms with E-state index in [2.05, 4.69) is 10.2 Å². The molecule has 1 amide bonds. The molecule has 1 aliphatic heterocycles. The van der Waals surface area contributed by atoms with E-state index in [9.17, 15) is 13.2 Å². The number of nitrogens with one attached hydrogen (secondary N) is 1. The van der Waals surface area contributed by atoms with E-state index >= 15 is 0 Å². The van der Waals surface area contributed by atoms with Crippen molar-refractivity contribution < 1.29 is 17.9 Å². The second-order valence-corrected chi connectivity index (χ2v) is 7.06. The molecule has 1 aromatic carbocycles. The van der Waals surface area contributed by atoms with Crippen LogP contribution < -0.4 is 10.1 Å². The highest BCUT2D eigenvalue weighted by molar-refractivity contribution is 7.89. The fourth-order valence-corrected chi connectivity index (χ4v) is 3.94. The van der Waals surface area contributed by atoms with E-state index in [1.54, 1.807) is 6.07 Å². The van der Waals surface area contributed by atoms with Crippen LogP contribution in [0.1, 0.15) is 10.4 Å². The van der Waals surface area contributed by atoms with Crippen molar-refractivity contribution in [1.82, 2.24) is 14.5 Å². The average molecular weight is 327 g/mol. The summed E-state index contributed by atoms with van der Waals surface area (Å²) in [6.07, 6.45) is 0. The summed E-state index contributed by atoms with van der Waals surface area (Å²) in [4.78, 5) is 13.8. The molecule has 0 aliphatic carbocycles. The maximum Gasteiger partial charge on any atom is 0.251 e. The minimum absolute atomic E-state index is 0.0284. The quantitative estimate of drug-likeness (QED) is 0.841. The van der Waals surface area contributed by atoms with Crippen LogP contribution in [0, 0.1) is 0 Å². The third-order valence-corrected chi connectivity index (χ3v) is 5.65. The van der Waals surface area contributed by atoms with Crippen molar-refractivity contribution in [2.75, 3.05) is 47.4 Å². The Bertz CT molecular complexity index is 652. The van der Waals surface area contributed by atoms with Gasteiger partial charge in [0.05, 0.1) is 7.11 Å². The predicted molar refractivity (Wildman–Crippen MR) is 82.6 cm³/mol. The lowest BCUT2D eigenvalue weighted by Crippen LogP contribution is -2.47. The molecule has 1 saturated heterocycles. The summed E-state index contributed by atoms with van der Waals surface area (Å²) >= 11 is 0. The van der Waals surface area contributed by atoms with Gasteiger partial charge in [-0.3, -0.25) is 4.79 Å². The van der Waals surface area contributed by atoms with Crippen molar-refractivity contribution in [3.05, 3.63) is 23.8 Å². The molecule has 0 radical (unpaired) electrons. The number of carbonyl (C=O) groups excluding carboxylic acids is 1. The molecule has 1 N–H and O–H groups in total. The molecule has 0 spiro atoms. The first-order valence-corrected chi connectivity index (χ1v) is 8.43. The van der Waals surface area contributed by atoms with Crippen molar-refractivity contribution in [2.45, 2.75) is 4.90 Å². The lowest BCUT2D eigenvalue weighted by Gasteiger charge is -2.31. The number of hydrogen-bond donors (Lipinski definition) is 1. The van der Waals surface area contributed by atoms with E-state index in [-0.39, 0.29) is 22.1 Å². The summed E-state index contributed by atoms with van der Waals surface area (Å²) in [5, 5.41) is 2.49. The summed E-state index contributed by atoms with van der Waals surface area (Å²) in [5.41, 5.74) is 0.288. The summed E-state index contributed by atoms with van der Waals surface area (Å²) in [5.74, 6) is -0.0935. The first-order valence-electron chi connectivity index (χ1n) is 6.99. The molecule has 1 aliphatic rings. The number of carbonyl (C=O) groups is 1. The lowest BCUT2D eigenvalue weighted by atomic mass is 10.2. The van der Waals surface area contributed by atoms with Gasteiger partial charge in [0, 0.05) is 38.8 Å². The van der Waals surface area contributed by atoms with Crippen LogP contribution in [-0.2, 0) is 10.0 Å². The third kappa shape index (κ3) is 3.23. The molecule has 0 saturated carbocycles. The number of benzene rings is 1. The molecule has 1 heterocycles. The van der Waals surface area contributed by atoms with Gasteiger partial charge < -0.3 is 15.0 Å². The summed E-state index contributed by atoms with van der Waals surface area (Å²) in [6.45, 7) is 2.20. The van der Waals surface area contributed by atoms with Crippen LogP contribution in [0.2, 0.25) is 0 Å². The number of methoxy groups -OCH3 is 1. The molecular formula is C14H21N3O4S. The van der Waals surface area contributed by atoms with Gasteiger partial charge in [0.1, 0.15) is 10.6 Å². The van der Waals surface area contributed by atoms with E-state index in [0.717, 1.165) is 0 Å². The monoisotopic (exact) mass is 327 g/mol. The van der Waals surface area contributed by atoms with Crippen LogP contribution in [-0.4, -0.2) is 70.9 Å². The van der Waals surface area contributed by atoms with E-state index < -0.39 is 10.0 Å². The minimum atomic E-state index is -3.69. The number of piperazine rings is 1. The lowest BCUT2D eigenvalue weighted by molar-refractivity contribution is 0.0963. The van der Waals surface area contributed by atoms with E-state index in [0.29, 0.717) is 26.2 Å². The molecule has 7 nitrogen and oxygen atoms in total. The average Bonchev–Trinajstić information content (AvgIpc) is 2.53. The van der Waals surface area contributed by atoms with Gasteiger partial charge in [0.25, 0.3) is 5.91 Å². The maximum atomic E-state index is 12.8. The number of sulfonamides is 1. The molecule has 2 rings (SSSR count). The minimum Gasteiger partial charge on any atom is -0.495 e. The fourth-order valence-electron chi connectivity index (χ4n) is 2.33. The normalized spacial score (nSPS) is 17.2. The Hall–Kier alpha value is -1.64. The largest absolute Gasteiger partial charge is 0.495 e. The first kappa shape index (κ1) is 16.7. The van der Waals surface area contributed by atoms with Crippen LogP contribution in [0.5, 0.6) is 5.75 Å². The molecule has 22 heavy (non-hydrogen) atoms. The van der Waals surface area contributed by atoms with Crippen LogP contribution in [0.25, 0.3) is 0 Å². The van der Waals surface area contributed by atoms with Gasteiger partial charge in [-0.25, -0.2) is 8.42 Å². The number of amides is 1. The maximum absolute atomic E-state index is 12.8. The first-order chi connectivity index (χ1) is 10.4. The molecular weight excluding hydrogens is 306 g/mol. The SMILES string of the molecule is CNC(=O)c1ccc(OC)c(S(=O)(=O)N2CCN(C)CC2)c1. The van der Waals surface area contributed by atoms with E-state index in [1.807, 2.05) is 7.05 Å². The van der Waals surface area contributed by atoms with Gasteiger partial charge in [-0.2, -0.15) is 4.31 Å². The van der Waals surface area contributed by atoms with Crippen LogP contribution >= 0.6 is 0 Å². The Morgan fingerprint density at radius 2 is 1.86 bits per heavy atom. The van der Waals surface area contributed by atoms with Crippen molar-refractivity contribution >= 4 is 15.9 Å². The Morgan fingerprint density at radius 1 is 1.23 bits per heavy atom. The molecule has 122 valence electrons. The Morgan fingerprint density at radius 3 is 2.41 bits per heavy atom. The number of ether oxygens (including phenoxy) is 1. The number of rotatable bonds is 4. The van der Waals surface area contributed by atoms with Crippen molar-refractivity contribution in [3.8, 4) is 5.75 Å². The summed E-state index contributed by atoms with van der Waals surface area (Å²) < 4.78 is 32.3. The summed E-state index contributed by atoms with van der Waals surface area (Å²) in [6, 6.07) is 4.42. The second-order valence-electron chi connectivity index (χ2n) is 5.15. The molecule has 1 aromatic rings. The van der Waals surface area contributed by atoms with Crippen LogP contribution in [0.4, 0.5) is 0 Å². The third-order valence-electron chi connectivity index (χ3n) is 3.73. The fraction of sp³-hybridized carbons (Fsp3) is 0.500. The molecule has 0 aromatic heterocycles. The van der Waals surface area contributed by atoms with Gasteiger partial charge in [0.15, 0.2) is 0 Å². The molecule has 0 atom stereocenters. The van der Waals surface area contributed by atoms with Gasteiger partial charge in [-0.05, 0) is 25.2 Å². The molecule has 0 unspecified atom stereocenters. The Kier molecular flexibility index (Phi) is 5.05. The standard InChI is InChI=1S/C14H21N3O4S/c1-15-14(18)11-4-5-12(21-3)13(10-11)22(19,20)17-8-6-16(2)7-9-17/h4-5,10H,6-9H2,1-3H3,(H,15,18). The number of hydrogen-bond acceptors (Lipinski definition) is 5. The van der Waals surface area contributed by atoms with Crippen LogP contribution in [0.15, 0.2) is 23.1 Å². The number of nitrogens with zero attached hydrogens (tertiary/aromatic N) is 2. The van der Waals surface area contributed by atoms with Gasteiger partial charge >= 0.3 is 0 Å². The van der Waals surface area contributed by atoms with Crippen molar-refractivity contribution in [3.63, 3.8) is 0 Å². The van der Waals surface area contributed by atoms with Crippen molar-refractivity contribution in [2.24, 2.45) is 0 Å². The van der Waals surface area contributed by atoms with Gasteiger partial charge in [0.2, 0.25) is 10.0 Å². The zero-order valence-corrected chi connectivity index (χ0v) is 13.8. The van der Waals surface area contributed by atoms with E-state index in [1.165, 1.54) is 30.6 Å². The highest BCUT2D eigenvalue weighted by Gasteiger charge is 2.30. The Balaban J connectivity index is 2.42.